The number of nitriles is 3. The van der Waals surface area contributed by atoms with Gasteiger partial charge in [0.25, 0.3) is 0 Å². The van der Waals surface area contributed by atoms with Crippen molar-refractivity contribution in [3.05, 3.63) is 23.8 Å². The van der Waals surface area contributed by atoms with E-state index in [4.69, 9.17) is 21.5 Å². The van der Waals surface area contributed by atoms with Gasteiger partial charge in [0.1, 0.15) is 13.1 Å². The summed E-state index contributed by atoms with van der Waals surface area (Å²) in [5.41, 5.74) is 7.71. The zero-order chi connectivity index (χ0) is 12.7. The molecule has 17 heavy (non-hydrogen) atoms. The van der Waals surface area contributed by atoms with Gasteiger partial charge in [-0.15, -0.1) is 0 Å². The van der Waals surface area contributed by atoms with Gasteiger partial charge in [-0.2, -0.15) is 15.8 Å². The van der Waals surface area contributed by atoms with Crippen molar-refractivity contribution in [1.29, 1.82) is 15.8 Å². The summed E-state index contributed by atoms with van der Waals surface area (Å²) in [5.74, 6) is 0. The Morgan fingerprint density at radius 3 is 2.24 bits per heavy atom. The van der Waals surface area contributed by atoms with Crippen LogP contribution >= 0.6 is 0 Å². The number of hydrogen-bond acceptors (Lipinski definition) is 5. The minimum atomic E-state index is 0.128. The average Bonchev–Trinajstić information content (AvgIpc) is 2.32. The molecule has 0 amide bonds. The van der Waals surface area contributed by atoms with Crippen LogP contribution in [0.1, 0.15) is 5.56 Å². The average molecular weight is 225 g/mol. The third kappa shape index (κ3) is 3.12. The Kier molecular flexibility index (Phi) is 4.36. The standard InChI is InChI=1S/C12H11N5/c13-4-3-10-9-11(1-2-12(10)16)17(7-5-14)8-6-15/h1-2,9H,3,7-8,16H2. The molecule has 0 atom stereocenters. The Bertz CT molecular complexity index is 499. The lowest BCUT2D eigenvalue weighted by atomic mass is 10.1. The predicted octanol–water partition coefficient (Wildman–Crippen LogP) is 1.19. The fraction of sp³-hybridized carbons (Fsp3) is 0.250. The first-order valence-electron chi connectivity index (χ1n) is 4.97. The van der Waals surface area contributed by atoms with Crippen LogP contribution in [-0.4, -0.2) is 13.1 Å². The molecule has 1 rings (SSSR count). The van der Waals surface area contributed by atoms with Gasteiger partial charge in [-0.1, -0.05) is 0 Å². The molecule has 1 aromatic rings. The van der Waals surface area contributed by atoms with Crippen LogP contribution in [0.25, 0.3) is 0 Å². The molecule has 0 heterocycles. The number of nitrogens with two attached hydrogens (primary N) is 1. The van der Waals surface area contributed by atoms with Crippen molar-refractivity contribution in [2.45, 2.75) is 6.42 Å². The highest BCUT2D eigenvalue weighted by molar-refractivity contribution is 5.59. The maximum atomic E-state index is 8.67. The van der Waals surface area contributed by atoms with Crippen molar-refractivity contribution < 1.29 is 0 Å². The lowest BCUT2D eigenvalue weighted by molar-refractivity contribution is 0.964. The quantitative estimate of drug-likeness (QED) is 0.612. The Morgan fingerprint density at radius 2 is 1.71 bits per heavy atom. The highest BCUT2D eigenvalue weighted by Gasteiger charge is 2.08. The van der Waals surface area contributed by atoms with E-state index in [0.29, 0.717) is 11.3 Å². The molecule has 5 nitrogen and oxygen atoms in total. The molecule has 2 N–H and O–H groups in total. The fourth-order valence-corrected chi connectivity index (χ4v) is 1.44. The summed E-state index contributed by atoms with van der Waals surface area (Å²) in [4.78, 5) is 1.63. The summed E-state index contributed by atoms with van der Waals surface area (Å²) in [6.45, 7) is 0.257. The predicted molar refractivity (Wildman–Crippen MR) is 63.6 cm³/mol. The zero-order valence-corrected chi connectivity index (χ0v) is 9.22. The van der Waals surface area contributed by atoms with E-state index in [1.165, 1.54) is 0 Å². The summed E-state index contributed by atoms with van der Waals surface area (Å²) < 4.78 is 0. The van der Waals surface area contributed by atoms with Crippen molar-refractivity contribution in [2.75, 3.05) is 23.7 Å². The van der Waals surface area contributed by atoms with Crippen molar-refractivity contribution in [2.24, 2.45) is 0 Å². The molecule has 0 aliphatic carbocycles. The Morgan fingerprint density at radius 1 is 1.06 bits per heavy atom. The Labute approximate surface area is 99.9 Å². The molecule has 84 valence electrons. The van der Waals surface area contributed by atoms with Gasteiger partial charge in [-0.25, -0.2) is 0 Å². The van der Waals surface area contributed by atoms with Crippen LogP contribution < -0.4 is 10.6 Å². The summed E-state index contributed by atoms with van der Waals surface area (Å²) in [6.07, 6.45) is 0.215. The van der Waals surface area contributed by atoms with Crippen LogP contribution in [0.2, 0.25) is 0 Å². The number of hydrogen-bond donors (Lipinski definition) is 1. The molecule has 0 spiro atoms. The lowest BCUT2D eigenvalue weighted by Gasteiger charge is -2.19. The van der Waals surface area contributed by atoms with Gasteiger partial charge in [-0.05, 0) is 23.8 Å². The van der Waals surface area contributed by atoms with E-state index >= 15 is 0 Å². The number of benzene rings is 1. The molecule has 0 aromatic heterocycles. The van der Waals surface area contributed by atoms with Crippen LogP contribution in [0, 0.1) is 34.0 Å². The Balaban J connectivity index is 3.05. The SMILES string of the molecule is N#CCc1cc(N(CC#N)CC#N)ccc1N. The van der Waals surface area contributed by atoms with Crippen LogP contribution in [0.5, 0.6) is 0 Å². The van der Waals surface area contributed by atoms with Gasteiger partial charge in [0.2, 0.25) is 0 Å². The van der Waals surface area contributed by atoms with Gasteiger partial charge in [-0.3, -0.25) is 0 Å². The smallest absolute Gasteiger partial charge is 0.106 e. The minimum absolute atomic E-state index is 0.128. The summed E-state index contributed by atoms with van der Waals surface area (Å²) >= 11 is 0. The monoisotopic (exact) mass is 225 g/mol. The molecule has 5 heteroatoms. The van der Waals surface area contributed by atoms with Gasteiger partial charge in [0, 0.05) is 11.4 Å². The van der Waals surface area contributed by atoms with E-state index in [9.17, 15) is 0 Å². The van der Waals surface area contributed by atoms with Crippen LogP contribution in [0.15, 0.2) is 18.2 Å². The van der Waals surface area contributed by atoms with Gasteiger partial charge in [0.05, 0.1) is 24.6 Å². The molecule has 0 bridgehead atoms. The summed E-state index contributed by atoms with van der Waals surface area (Å²) in [7, 11) is 0. The van der Waals surface area contributed by atoms with E-state index in [-0.39, 0.29) is 19.5 Å². The first kappa shape index (κ1) is 12.4. The van der Waals surface area contributed by atoms with Crippen LogP contribution in [-0.2, 0) is 6.42 Å². The van der Waals surface area contributed by atoms with Crippen LogP contribution in [0.4, 0.5) is 11.4 Å². The molecule has 0 aliphatic heterocycles. The third-order valence-corrected chi connectivity index (χ3v) is 2.28. The molecule has 0 radical (unpaired) electrons. The molecule has 0 saturated carbocycles. The number of nitrogen functional groups attached to an aromatic ring is 1. The van der Waals surface area contributed by atoms with E-state index in [1.54, 1.807) is 23.1 Å². The second-order valence-electron chi connectivity index (χ2n) is 3.39. The van der Waals surface area contributed by atoms with Crippen molar-refractivity contribution in [3.8, 4) is 18.2 Å². The molecule has 0 fully saturated rings. The largest absolute Gasteiger partial charge is 0.398 e. The van der Waals surface area contributed by atoms with Crippen molar-refractivity contribution >= 4 is 11.4 Å². The highest BCUT2D eigenvalue weighted by Crippen LogP contribution is 2.21. The summed E-state index contributed by atoms with van der Waals surface area (Å²) in [5, 5.41) is 26.0. The first-order chi connectivity index (χ1) is 8.22. The molecular formula is C12H11N5. The maximum Gasteiger partial charge on any atom is 0.106 e. The molecular weight excluding hydrogens is 214 g/mol. The first-order valence-corrected chi connectivity index (χ1v) is 4.97. The van der Waals surface area contributed by atoms with E-state index in [2.05, 4.69) is 0 Å². The third-order valence-electron chi connectivity index (χ3n) is 2.28. The fourth-order valence-electron chi connectivity index (χ4n) is 1.44. The van der Waals surface area contributed by atoms with E-state index in [1.807, 2.05) is 18.2 Å². The van der Waals surface area contributed by atoms with E-state index < -0.39 is 0 Å². The molecule has 0 aliphatic rings. The van der Waals surface area contributed by atoms with Crippen molar-refractivity contribution in [3.63, 3.8) is 0 Å². The zero-order valence-electron chi connectivity index (χ0n) is 9.22. The topological polar surface area (TPSA) is 101 Å². The van der Waals surface area contributed by atoms with Gasteiger partial charge < -0.3 is 10.6 Å². The Hall–Kier alpha value is -2.71. The van der Waals surface area contributed by atoms with Gasteiger partial charge >= 0.3 is 0 Å². The minimum Gasteiger partial charge on any atom is -0.398 e. The molecule has 0 unspecified atom stereocenters. The number of nitrogens with zero attached hydrogens (tertiary/aromatic N) is 4. The van der Waals surface area contributed by atoms with Gasteiger partial charge in [0.15, 0.2) is 0 Å². The number of anilines is 2. The maximum absolute atomic E-state index is 8.67. The molecule has 1 aromatic carbocycles. The second-order valence-corrected chi connectivity index (χ2v) is 3.39. The highest BCUT2D eigenvalue weighted by atomic mass is 15.1. The second kappa shape index (κ2) is 6.00. The van der Waals surface area contributed by atoms with E-state index in [0.717, 1.165) is 5.69 Å². The number of rotatable bonds is 4. The van der Waals surface area contributed by atoms with Crippen molar-refractivity contribution in [1.82, 2.24) is 0 Å². The molecule has 0 saturated heterocycles. The normalized spacial score (nSPS) is 8.76. The lowest BCUT2D eigenvalue weighted by Crippen LogP contribution is -2.23. The summed E-state index contributed by atoms with van der Waals surface area (Å²) in [6, 6.07) is 11.2. The van der Waals surface area contributed by atoms with Crippen LogP contribution in [0.3, 0.4) is 0 Å².